The molecule has 0 saturated carbocycles. The van der Waals surface area contributed by atoms with Gasteiger partial charge in [0.15, 0.2) is 14.5 Å². The number of aryl methyl sites for hydroxylation is 1. The standard InChI is InChI=1S/C11H12N4OS3/c1-6-3-4-7(9(12)15-16)8(5-6)18-11-14-13-10(17-2)19-11/h3-5,16H,1-2H3,(H2,12,15). The van der Waals surface area contributed by atoms with Gasteiger partial charge in [-0.05, 0) is 30.9 Å². The minimum absolute atomic E-state index is 0.0945. The average Bonchev–Trinajstić information content (AvgIpc) is 2.86. The highest BCUT2D eigenvalue weighted by Crippen LogP contribution is 2.35. The van der Waals surface area contributed by atoms with Crippen molar-refractivity contribution in [2.75, 3.05) is 6.26 Å². The molecule has 1 aromatic heterocycles. The summed E-state index contributed by atoms with van der Waals surface area (Å²) in [6, 6.07) is 5.74. The van der Waals surface area contributed by atoms with Crippen LogP contribution in [0.25, 0.3) is 0 Å². The summed E-state index contributed by atoms with van der Waals surface area (Å²) < 4.78 is 1.75. The molecule has 2 aromatic rings. The van der Waals surface area contributed by atoms with E-state index in [2.05, 4.69) is 15.4 Å². The van der Waals surface area contributed by atoms with Crippen molar-refractivity contribution in [1.82, 2.24) is 10.2 Å². The lowest BCUT2D eigenvalue weighted by Gasteiger charge is -2.07. The second kappa shape index (κ2) is 6.27. The Balaban J connectivity index is 2.35. The molecule has 0 atom stereocenters. The molecule has 1 heterocycles. The highest BCUT2D eigenvalue weighted by molar-refractivity contribution is 8.03. The molecule has 0 aliphatic carbocycles. The zero-order chi connectivity index (χ0) is 13.8. The lowest BCUT2D eigenvalue weighted by molar-refractivity contribution is 0.318. The van der Waals surface area contributed by atoms with Gasteiger partial charge in [0.05, 0.1) is 0 Å². The second-order valence-electron chi connectivity index (χ2n) is 3.62. The number of oxime groups is 1. The molecular formula is C11H12N4OS3. The Morgan fingerprint density at radius 3 is 2.74 bits per heavy atom. The first-order valence-corrected chi connectivity index (χ1v) is 8.13. The maximum Gasteiger partial charge on any atom is 0.179 e. The van der Waals surface area contributed by atoms with E-state index in [1.165, 1.54) is 23.1 Å². The Morgan fingerprint density at radius 2 is 2.11 bits per heavy atom. The number of hydrogen-bond donors (Lipinski definition) is 2. The van der Waals surface area contributed by atoms with Crippen molar-refractivity contribution in [2.24, 2.45) is 10.9 Å². The predicted molar refractivity (Wildman–Crippen MR) is 79.5 cm³/mol. The lowest BCUT2D eigenvalue weighted by Crippen LogP contribution is -2.14. The fraction of sp³-hybridized carbons (Fsp3) is 0.182. The van der Waals surface area contributed by atoms with E-state index in [1.54, 1.807) is 11.8 Å². The zero-order valence-corrected chi connectivity index (χ0v) is 12.8. The summed E-state index contributed by atoms with van der Waals surface area (Å²) in [5, 5.41) is 20.0. The highest BCUT2D eigenvalue weighted by Gasteiger charge is 2.12. The van der Waals surface area contributed by atoms with E-state index in [9.17, 15) is 0 Å². The highest BCUT2D eigenvalue weighted by atomic mass is 32.2. The SMILES string of the molecule is CSc1nnc(Sc2cc(C)ccc2/C(N)=N/O)s1. The molecule has 0 bridgehead atoms. The van der Waals surface area contributed by atoms with E-state index in [1.807, 2.05) is 31.4 Å². The second-order valence-corrected chi connectivity index (χ2v) is 6.94. The third-order valence-corrected chi connectivity index (χ3v) is 5.29. The third-order valence-electron chi connectivity index (χ3n) is 2.28. The van der Waals surface area contributed by atoms with Gasteiger partial charge in [-0.1, -0.05) is 46.1 Å². The van der Waals surface area contributed by atoms with Gasteiger partial charge in [0.1, 0.15) is 0 Å². The first-order chi connectivity index (χ1) is 9.13. The van der Waals surface area contributed by atoms with Crippen molar-refractivity contribution in [1.29, 1.82) is 0 Å². The Labute approximate surface area is 123 Å². The molecule has 2 rings (SSSR count). The molecule has 100 valence electrons. The molecule has 0 aliphatic rings. The number of amidine groups is 1. The van der Waals surface area contributed by atoms with E-state index in [-0.39, 0.29) is 5.84 Å². The topological polar surface area (TPSA) is 84.4 Å². The van der Waals surface area contributed by atoms with Crippen LogP contribution in [-0.4, -0.2) is 27.5 Å². The normalized spacial score (nSPS) is 11.8. The van der Waals surface area contributed by atoms with Crippen LogP contribution in [0.1, 0.15) is 11.1 Å². The van der Waals surface area contributed by atoms with Crippen molar-refractivity contribution >= 4 is 40.7 Å². The van der Waals surface area contributed by atoms with Crippen LogP contribution in [-0.2, 0) is 0 Å². The lowest BCUT2D eigenvalue weighted by atomic mass is 10.1. The molecule has 0 spiro atoms. The summed E-state index contributed by atoms with van der Waals surface area (Å²) in [7, 11) is 0. The van der Waals surface area contributed by atoms with E-state index < -0.39 is 0 Å². The van der Waals surface area contributed by atoms with Crippen molar-refractivity contribution in [2.45, 2.75) is 20.5 Å². The molecule has 8 heteroatoms. The van der Waals surface area contributed by atoms with E-state index in [4.69, 9.17) is 10.9 Å². The zero-order valence-electron chi connectivity index (χ0n) is 10.3. The number of aromatic nitrogens is 2. The van der Waals surface area contributed by atoms with Crippen LogP contribution in [0.15, 0.2) is 36.9 Å². The van der Waals surface area contributed by atoms with Gasteiger partial charge < -0.3 is 10.9 Å². The number of rotatable bonds is 4. The minimum Gasteiger partial charge on any atom is -0.409 e. The molecule has 3 N–H and O–H groups in total. The smallest absolute Gasteiger partial charge is 0.179 e. The molecule has 0 saturated heterocycles. The fourth-order valence-corrected chi connectivity index (χ4v) is 4.03. The van der Waals surface area contributed by atoms with Gasteiger partial charge in [0.25, 0.3) is 0 Å². The van der Waals surface area contributed by atoms with E-state index in [0.29, 0.717) is 5.56 Å². The molecule has 0 aliphatic heterocycles. The molecule has 19 heavy (non-hydrogen) atoms. The van der Waals surface area contributed by atoms with Crippen LogP contribution in [0, 0.1) is 6.92 Å². The average molecular weight is 312 g/mol. The summed E-state index contributed by atoms with van der Waals surface area (Å²) in [6.07, 6.45) is 1.96. The van der Waals surface area contributed by atoms with Gasteiger partial charge in [-0.15, -0.1) is 10.2 Å². The largest absolute Gasteiger partial charge is 0.409 e. The molecule has 0 fully saturated rings. The Bertz CT molecular complexity index is 612. The number of nitrogens with zero attached hydrogens (tertiary/aromatic N) is 3. The molecule has 5 nitrogen and oxygen atoms in total. The van der Waals surface area contributed by atoms with Crippen LogP contribution < -0.4 is 5.73 Å². The molecular weight excluding hydrogens is 300 g/mol. The van der Waals surface area contributed by atoms with Crippen molar-refractivity contribution in [3.63, 3.8) is 0 Å². The van der Waals surface area contributed by atoms with Crippen LogP contribution in [0.2, 0.25) is 0 Å². The summed E-state index contributed by atoms with van der Waals surface area (Å²) in [5.74, 6) is 0.0945. The number of thioether (sulfide) groups is 1. The number of benzene rings is 1. The van der Waals surface area contributed by atoms with Crippen molar-refractivity contribution in [3.8, 4) is 0 Å². The maximum atomic E-state index is 8.82. The monoisotopic (exact) mass is 312 g/mol. The summed E-state index contributed by atoms with van der Waals surface area (Å²) in [5.41, 5.74) is 7.48. The quantitative estimate of drug-likeness (QED) is 0.297. The van der Waals surface area contributed by atoms with E-state index in [0.717, 1.165) is 19.1 Å². The molecule has 1 aromatic carbocycles. The summed E-state index contributed by atoms with van der Waals surface area (Å²) >= 11 is 4.55. The van der Waals surface area contributed by atoms with Crippen molar-refractivity contribution in [3.05, 3.63) is 29.3 Å². The minimum atomic E-state index is 0.0945. The summed E-state index contributed by atoms with van der Waals surface area (Å²) in [4.78, 5) is 0.902. The Kier molecular flexibility index (Phi) is 4.67. The number of hydrogen-bond acceptors (Lipinski definition) is 7. The summed E-state index contributed by atoms with van der Waals surface area (Å²) in [6.45, 7) is 1.99. The van der Waals surface area contributed by atoms with Crippen LogP contribution in [0.4, 0.5) is 0 Å². The van der Waals surface area contributed by atoms with Gasteiger partial charge in [0.2, 0.25) is 0 Å². The molecule has 0 amide bonds. The predicted octanol–water partition coefficient (Wildman–Crippen LogP) is 2.81. The third kappa shape index (κ3) is 3.40. The van der Waals surface area contributed by atoms with Gasteiger partial charge in [0, 0.05) is 10.5 Å². The Hall–Kier alpha value is -1.25. The van der Waals surface area contributed by atoms with Gasteiger partial charge >= 0.3 is 0 Å². The van der Waals surface area contributed by atoms with Gasteiger partial charge in [-0.2, -0.15) is 0 Å². The van der Waals surface area contributed by atoms with Gasteiger partial charge in [-0.25, -0.2) is 0 Å². The molecule has 0 unspecified atom stereocenters. The Morgan fingerprint density at radius 1 is 1.37 bits per heavy atom. The first-order valence-electron chi connectivity index (χ1n) is 5.28. The van der Waals surface area contributed by atoms with Crippen molar-refractivity contribution < 1.29 is 5.21 Å². The number of nitrogens with two attached hydrogens (primary N) is 1. The fourth-order valence-electron chi connectivity index (χ4n) is 1.39. The maximum absolute atomic E-state index is 8.82. The first kappa shape index (κ1) is 14.2. The van der Waals surface area contributed by atoms with Crippen LogP contribution in [0.3, 0.4) is 0 Å². The van der Waals surface area contributed by atoms with Gasteiger partial charge in [-0.3, -0.25) is 0 Å². The van der Waals surface area contributed by atoms with Crippen LogP contribution in [0.5, 0.6) is 0 Å². The molecule has 0 radical (unpaired) electrons. The van der Waals surface area contributed by atoms with Crippen LogP contribution >= 0.6 is 34.9 Å². The van der Waals surface area contributed by atoms with E-state index >= 15 is 0 Å².